The molecule has 0 fully saturated rings. The second kappa shape index (κ2) is 7.13. The Morgan fingerprint density at radius 1 is 1.24 bits per heavy atom. The first-order valence-corrected chi connectivity index (χ1v) is 10.5. The average Bonchev–Trinajstić information content (AvgIpc) is 3.35. The van der Waals surface area contributed by atoms with Gasteiger partial charge in [-0.15, -0.1) is 11.3 Å². The molecular weight excluding hydrogens is 454 g/mol. The van der Waals surface area contributed by atoms with Gasteiger partial charge in [-0.05, 0) is 30.3 Å². The SMILES string of the molecule is COc1ccc(Br)cc1-c1nc(Cn2cnc3c(oc4ccccc43)c2=O)cs1. The second-order valence-electron chi connectivity index (χ2n) is 6.44. The van der Waals surface area contributed by atoms with E-state index in [2.05, 4.69) is 25.9 Å². The van der Waals surface area contributed by atoms with E-state index in [1.165, 1.54) is 15.9 Å². The van der Waals surface area contributed by atoms with Crippen LogP contribution in [0.15, 0.2) is 67.9 Å². The topological polar surface area (TPSA) is 70.2 Å². The van der Waals surface area contributed by atoms with E-state index in [0.717, 1.165) is 31.9 Å². The van der Waals surface area contributed by atoms with Gasteiger partial charge in [0.2, 0.25) is 5.58 Å². The van der Waals surface area contributed by atoms with Crippen LogP contribution >= 0.6 is 27.3 Å². The van der Waals surface area contributed by atoms with Crippen LogP contribution in [0.5, 0.6) is 5.75 Å². The lowest BCUT2D eigenvalue weighted by atomic mass is 10.2. The number of furan rings is 1. The lowest BCUT2D eigenvalue weighted by Gasteiger charge is -2.06. The molecule has 0 aliphatic rings. The van der Waals surface area contributed by atoms with Gasteiger partial charge in [-0.25, -0.2) is 9.97 Å². The molecule has 0 amide bonds. The first-order chi connectivity index (χ1) is 14.1. The quantitative estimate of drug-likeness (QED) is 0.368. The number of halogens is 1. The van der Waals surface area contributed by atoms with E-state index < -0.39 is 0 Å². The number of fused-ring (bicyclic) bond motifs is 3. The van der Waals surface area contributed by atoms with Crippen LogP contribution in [0.1, 0.15) is 5.69 Å². The van der Waals surface area contributed by atoms with Gasteiger partial charge in [0.05, 0.1) is 31.2 Å². The molecule has 144 valence electrons. The molecule has 29 heavy (non-hydrogen) atoms. The summed E-state index contributed by atoms with van der Waals surface area (Å²) in [6.07, 6.45) is 1.55. The number of methoxy groups -OCH3 is 1. The number of hydrogen-bond donors (Lipinski definition) is 0. The monoisotopic (exact) mass is 467 g/mol. The van der Waals surface area contributed by atoms with Crippen LogP contribution in [-0.2, 0) is 6.54 Å². The van der Waals surface area contributed by atoms with Gasteiger partial charge in [0, 0.05) is 15.2 Å². The van der Waals surface area contributed by atoms with E-state index in [0.29, 0.717) is 17.6 Å². The molecule has 0 aliphatic heterocycles. The Bertz CT molecular complexity index is 1420. The zero-order chi connectivity index (χ0) is 20.0. The lowest BCUT2D eigenvalue weighted by molar-refractivity contribution is 0.416. The summed E-state index contributed by atoms with van der Waals surface area (Å²) >= 11 is 4.99. The van der Waals surface area contributed by atoms with Gasteiger partial charge in [0.25, 0.3) is 5.56 Å². The molecule has 5 rings (SSSR count). The van der Waals surface area contributed by atoms with Gasteiger partial charge in [-0.2, -0.15) is 0 Å². The van der Waals surface area contributed by atoms with E-state index in [9.17, 15) is 4.79 Å². The molecule has 0 atom stereocenters. The highest BCUT2D eigenvalue weighted by atomic mass is 79.9. The van der Waals surface area contributed by atoms with E-state index in [4.69, 9.17) is 9.15 Å². The first-order valence-electron chi connectivity index (χ1n) is 8.79. The maximum Gasteiger partial charge on any atom is 0.297 e. The van der Waals surface area contributed by atoms with Crippen LogP contribution < -0.4 is 10.3 Å². The van der Waals surface area contributed by atoms with Crippen molar-refractivity contribution in [1.29, 1.82) is 0 Å². The largest absolute Gasteiger partial charge is 0.496 e. The summed E-state index contributed by atoms with van der Waals surface area (Å²) in [6.45, 7) is 0.311. The number of nitrogens with zero attached hydrogens (tertiary/aromatic N) is 3. The number of aromatic nitrogens is 3. The van der Waals surface area contributed by atoms with Gasteiger partial charge >= 0.3 is 0 Å². The molecule has 0 N–H and O–H groups in total. The fraction of sp³-hybridized carbons (Fsp3) is 0.0952. The minimum absolute atomic E-state index is 0.221. The van der Waals surface area contributed by atoms with Crippen molar-refractivity contribution >= 4 is 49.3 Å². The van der Waals surface area contributed by atoms with E-state index >= 15 is 0 Å². The van der Waals surface area contributed by atoms with Crippen LogP contribution in [0.4, 0.5) is 0 Å². The van der Waals surface area contributed by atoms with E-state index in [1.54, 1.807) is 13.4 Å². The summed E-state index contributed by atoms with van der Waals surface area (Å²) in [4.78, 5) is 22.0. The van der Waals surface area contributed by atoms with Crippen molar-refractivity contribution in [2.45, 2.75) is 6.54 Å². The molecule has 6 nitrogen and oxygen atoms in total. The Labute approximate surface area is 177 Å². The van der Waals surface area contributed by atoms with Crippen molar-refractivity contribution in [3.05, 3.63) is 74.7 Å². The summed E-state index contributed by atoms with van der Waals surface area (Å²) in [5, 5.41) is 3.60. The highest BCUT2D eigenvalue weighted by Gasteiger charge is 2.15. The smallest absolute Gasteiger partial charge is 0.297 e. The maximum atomic E-state index is 12.9. The van der Waals surface area contributed by atoms with E-state index in [-0.39, 0.29) is 11.1 Å². The van der Waals surface area contributed by atoms with Crippen LogP contribution in [0, 0.1) is 0 Å². The highest BCUT2D eigenvalue weighted by molar-refractivity contribution is 9.10. The molecule has 0 unspecified atom stereocenters. The Hall–Kier alpha value is -2.97. The Morgan fingerprint density at radius 3 is 2.97 bits per heavy atom. The normalized spacial score (nSPS) is 11.4. The molecule has 0 spiro atoms. The third-order valence-electron chi connectivity index (χ3n) is 4.63. The second-order valence-corrected chi connectivity index (χ2v) is 8.22. The highest BCUT2D eigenvalue weighted by Crippen LogP contribution is 2.34. The third kappa shape index (κ3) is 3.14. The number of ether oxygens (including phenoxy) is 1. The molecule has 5 aromatic rings. The van der Waals surface area contributed by atoms with Crippen molar-refractivity contribution in [2.75, 3.05) is 7.11 Å². The molecule has 0 aliphatic carbocycles. The molecule has 3 aromatic heterocycles. The van der Waals surface area contributed by atoms with Gasteiger partial charge in [-0.3, -0.25) is 9.36 Å². The number of hydrogen-bond acceptors (Lipinski definition) is 6. The van der Waals surface area contributed by atoms with Gasteiger partial charge < -0.3 is 9.15 Å². The number of para-hydroxylation sites is 1. The van der Waals surface area contributed by atoms with Crippen LogP contribution in [0.25, 0.3) is 32.6 Å². The van der Waals surface area contributed by atoms with Crippen molar-refractivity contribution in [1.82, 2.24) is 14.5 Å². The summed E-state index contributed by atoms with van der Waals surface area (Å²) in [5.74, 6) is 0.747. The van der Waals surface area contributed by atoms with Crippen LogP contribution in [0.2, 0.25) is 0 Å². The minimum atomic E-state index is -0.221. The Kier molecular flexibility index (Phi) is 4.44. The Morgan fingerprint density at radius 2 is 2.10 bits per heavy atom. The van der Waals surface area contributed by atoms with Crippen molar-refractivity contribution in [3.8, 4) is 16.3 Å². The number of thiazole rings is 1. The average molecular weight is 468 g/mol. The van der Waals surface area contributed by atoms with Gasteiger partial charge in [-0.1, -0.05) is 28.1 Å². The molecule has 2 aromatic carbocycles. The lowest BCUT2D eigenvalue weighted by Crippen LogP contribution is -2.20. The maximum absolute atomic E-state index is 12.9. The standard InChI is InChI=1S/C21H14BrN3O3S/c1-27-16-7-6-12(22)8-15(16)20-24-13(10-29-20)9-25-11-23-18-14-4-2-3-5-17(14)28-19(18)21(25)26/h2-8,10-11H,9H2,1H3. The fourth-order valence-electron chi connectivity index (χ4n) is 3.25. The minimum Gasteiger partial charge on any atom is -0.496 e. The Balaban J connectivity index is 1.52. The number of benzene rings is 2. The molecule has 0 radical (unpaired) electrons. The van der Waals surface area contributed by atoms with Crippen molar-refractivity contribution < 1.29 is 9.15 Å². The number of rotatable bonds is 4. The molecular formula is C21H14BrN3O3S. The molecule has 0 saturated carbocycles. The van der Waals surface area contributed by atoms with Crippen LogP contribution in [-0.4, -0.2) is 21.6 Å². The summed E-state index contributed by atoms with van der Waals surface area (Å²) in [7, 11) is 1.63. The zero-order valence-corrected chi connectivity index (χ0v) is 17.7. The van der Waals surface area contributed by atoms with Gasteiger partial charge in [0.1, 0.15) is 21.9 Å². The molecule has 0 bridgehead atoms. The molecule has 0 saturated heterocycles. The molecule has 3 heterocycles. The third-order valence-corrected chi connectivity index (χ3v) is 6.04. The summed E-state index contributed by atoms with van der Waals surface area (Å²) in [6, 6.07) is 13.3. The van der Waals surface area contributed by atoms with Crippen molar-refractivity contribution in [3.63, 3.8) is 0 Å². The predicted octanol–water partition coefficient (Wildman–Crippen LogP) is 5.09. The van der Waals surface area contributed by atoms with E-state index in [1.807, 2.05) is 47.8 Å². The van der Waals surface area contributed by atoms with Gasteiger partial charge in [0.15, 0.2) is 0 Å². The fourth-order valence-corrected chi connectivity index (χ4v) is 4.45. The first kappa shape index (κ1) is 18.1. The van der Waals surface area contributed by atoms with Crippen LogP contribution in [0.3, 0.4) is 0 Å². The summed E-state index contributed by atoms with van der Waals surface area (Å²) < 4.78 is 13.7. The van der Waals surface area contributed by atoms with Crippen molar-refractivity contribution in [2.24, 2.45) is 0 Å². The zero-order valence-electron chi connectivity index (χ0n) is 15.3. The summed E-state index contributed by atoms with van der Waals surface area (Å²) in [5.41, 5.74) is 2.95. The molecule has 8 heteroatoms. The predicted molar refractivity (Wildman–Crippen MR) is 117 cm³/mol.